The smallest absolute Gasteiger partial charge is 0.410 e. The zero-order valence-corrected chi connectivity index (χ0v) is 15.4. The molecular formula is C18H34N2O3. The Morgan fingerprint density at radius 1 is 1.35 bits per heavy atom. The first-order chi connectivity index (χ1) is 10.7. The van der Waals surface area contributed by atoms with E-state index in [2.05, 4.69) is 19.2 Å². The third-order valence-corrected chi connectivity index (χ3v) is 4.80. The number of piperidine rings is 1. The molecule has 134 valence electrons. The Kier molecular flexibility index (Phi) is 6.32. The topological polar surface area (TPSA) is 50.8 Å². The summed E-state index contributed by atoms with van der Waals surface area (Å²) in [5.41, 5.74) is -0.426. The summed E-state index contributed by atoms with van der Waals surface area (Å²) in [4.78, 5) is 14.1. The normalized spacial score (nSPS) is 30.3. The maximum atomic E-state index is 12.2. The fourth-order valence-corrected chi connectivity index (χ4v) is 3.43. The third-order valence-electron chi connectivity index (χ3n) is 4.80. The van der Waals surface area contributed by atoms with Crippen molar-refractivity contribution in [1.29, 1.82) is 0 Å². The molecule has 0 aliphatic carbocycles. The summed E-state index contributed by atoms with van der Waals surface area (Å²) >= 11 is 0. The lowest BCUT2D eigenvalue weighted by molar-refractivity contribution is 0.0138. The van der Waals surface area contributed by atoms with Crippen LogP contribution in [0.5, 0.6) is 0 Å². The predicted molar refractivity (Wildman–Crippen MR) is 91.6 cm³/mol. The van der Waals surface area contributed by atoms with E-state index in [4.69, 9.17) is 9.47 Å². The summed E-state index contributed by atoms with van der Waals surface area (Å²) in [5.74, 6) is 0.482. The van der Waals surface area contributed by atoms with Gasteiger partial charge in [0, 0.05) is 25.7 Å². The number of ether oxygens (including phenoxy) is 2. The molecule has 0 radical (unpaired) electrons. The standard InChI is InChI=1S/C18H34N2O3/c1-13-8-9-16(22-13)11-19-14(2)15-7-6-10-20(12-15)17(21)23-18(3,4)5/h13-16,19H,6-12H2,1-5H3. The van der Waals surface area contributed by atoms with Crippen molar-refractivity contribution < 1.29 is 14.3 Å². The Morgan fingerprint density at radius 2 is 2.09 bits per heavy atom. The fourth-order valence-electron chi connectivity index (χ4n) is 3.43. The van der Waals surface area contributed by atoms with Crippen LogP contribution in [0.1, 0.15) is 60.3 Å². The van der Waals surface area contributed by atoms with Crippen LogP contribution >= 0.6 is 0 Å². The maximum absolute atomic E-state index is 12.2. The molecule has 4 unspecified atom stereocenters. The summed E-state index contributed by atoms with van der Waals surface area (Å²) < 4.78 is 11.4. The van der Waals surface area contributed by atoms with E-state index in [9.17, 15) is 4.79 Å². The molecule has 0 saturated carbocycles. The predicted octanol–water partition coefficient (Wildman–Crippen LogP) is 3.18. The van der Waals surface area contributed by atoms with Crippen molar-refractivity contribution in [3.63, 3.8) is 0 Å². The van der Waals surface area contributed by atoms with E-state index < -0.39 is 5.60 Å². The number of likely N-dealkylation sites (tertiary alicyclic amines) is 1. The van der Waals surface area contributed by atoms with Gasteiger partial charge in [0.1, 0.15) is 5.60 Å². The highest BCUT2D eigenvalue weighted by Gasteiger charge is 2.30. The first-order valence-electron chi connectivity index (χ1n) is 9.11. The Balaban J connectivity index is 1.77. The van der Waals surface area contributed by atoms with Gasteiger partial charge in [0.2, 0.25) is 0 Å². The molecule has 2 aliphatic rings. The summed E-state index contributed by atoms with van der Waals surface area (Å²) in [5, 5.41) is 3.62. The van der Waals surface area contributed by atoms with Crippen molar-refractivity contribution in [3.8, 4) is 0 Å². The molecule has 4 atom stereocenters. The summed E-state index contributed by atoms with van der Waals surface area (Å²) in [7, 11) is 0. The molecule has 0 aromatic rings. The second kappa shape index (κ2) is 7.84. The van der Waals surface area contributed by atoms with Gasteiger partial charge in [-0.25, -0.2) is 4.79 Å². The van der Waals surface area contributed by atoms with Crippen molar-refractivity contribution in [1.82, 2.24) is 10.2 Å². The molecule has 5 heteroatoms. The fraction of sp³-hybridized carbons (Fsp3) is 0.944. The zero-order chi connectivity index (χ0) is 17.0. The van der Waals surface area contributed by atoms with Crippen molar-refractivity contribution >= 4 is 6.09 Å². The Labute approximate surface area is 141 Å². The van der Waals surface area contributed by atoms with Crippen LogP contribution in [0.25, 0.3) is 0 Å². The number of carbonyl (C=O) groups excluding carboxylic acids is 1. The largest absolute Gasteiger partial charge is 0.444 e. The second-order valence-electron chi connectivity index (χ2n) is 8.17. The molecule has 1 N–H and O–H groups in total. The average molecular weight is 326 g/mol. The van der Waals surface area contributed by atoms with Crippen LogP contribution in [0.3, 0.4) is 0 Å². The van der Waals surface area contributed by atoms with Gasteiger partial charge < -0.3 is 19.7 Å². The number of hydrogen-bond donors (Lipinski definition) is 1. The van der Waals surface area contributed by atoms with Gasteiger partial charge in [-0.15, -0.1) is 0 Å². The second-order valence-corrected chi connectivity index (χ2v) is 8.17. The van der Waals surface area contributed by atoms with Crippen molar-refractivity contribution in [2.75, 3.05) is 19.6 Å². The van der Waals surface area contributed by atoms with E-state index in [0.717, 1.165) is 45.3 Å². The average Bonchev–Trinajstić information content (AvgIpc) is 2.89. The number of hydrogen-bond acceptors (Lipinski definition) is 4. The van der Waals surface area contributed by atoms with Crippen LogP contribution in [0.4, 0.5) is 4.79 Å². The summed E-state index contributed by atoms with van der Waals surface area (Å²) in [6.07, 6.45) is 5.09. The van der Waals surface area contributed by atoms with Gasteiger partial charge in [-0.05, 0) is 66.2 Å². The molecule has 2 fully saturated rings. The molecule has 5 nitrogen and oxygen atoms in total. The van der Waals surface area contributed by atoms with Crippen molar-refractivity contribution in [2.24, 2.45) is 5.92 Å². The van der Waals surface area contributed by atoms with E-state index in [-0.39, 0.29) is 6.09 Å². The molecule has 2 rings (SSSR count). The molecule has 2 saturated heterocycles. The van der Waals surface area contributed by atoms with Gasteiger partial charge >= 0.3 is 6.09 Å². The zero-order valence-electron chi connectivity index (χ0n) is 15.4. The first-order valence-corrected chi connectivity index (χ1v) is 9.11. The van der Waals surface area contributed by atoms with Crippen molar-refractivity contribution in [3.05, 3.63) is 0 Å². The number of nitrogens with zero attached hydrogens (tertiary/aromatic N) is 1. The highest BCUT2D eigenvalue weighted by atomic mass is 16.6. The van der Waals surface area contributed by atoms with Crippen LogP contribution in [0.2, 0.25) is 0 Å². The number of carbonyl (C=O) groups is 1. The molecule has 2 heterocycles. The van der Waals surface area contributed by atoms with Gasteiger partial charge in [0.25, 0.3) is 0 Å². The summed E-state index contributed by atoms with van der Waals surface area (Å²) in [6.45, 7) is 12.6. The summed E-state index contributed by atoms with van der Waals surface area (Å²) in [6, 6.07) is 0.389. The van der Waals surface area contributed by atoms with Crippen molar-refractivity contribution in [2.45, 2.75) is 84.2 Å². The lowest BCUT2D eigenvalue weighted by atomic mass is 9.91. The third kappa shape index (κ3) is 5.96. The molecule has 0 aromatic heterocycles. The Morgan fingerprint density at radius 3 is 2.70 bits per heavy atom. The van der Waals surface area contributed by atoms with Gasteiger partial charge in [-0.2, -0.15) is 0 Å². The molecular weight excluding hydrogens is 292 g/mol. The minimum Gasteiger partial charge on any atom is -0.444 e. The SMILES string of the molecule is CC1CCC(CNC(C)C2CCCN(C(=O)OC(C)(C)C)C2)O1. The maximum Gasteiger partial charge on any atom is 0.410 e. The molecule has 0 spiro atoms. The minimum absolute atomic E-state index is 0.178. The van der Waals surface area contributed by atoms with Crippen LogP contribution in [-0.4, -0.2) is 54.5 Å². The molecule has 0 bridgehead atoms. The molecule has 2 aliphatic heterocycles. The van der Waals surface area contributed by atoms with E-state index in [1.807, 2.05) is 25.7 Å². The first kappa shape index (κ1) is 18.5. The number of rotatable bonds is 4. The van der Waals surface area contributed by atoms with Gasteiger partial charge in [-0.1, -0.05) is 0 Å². The molecule has 0 aromatic carbocycles. The van der Waals surface area contributed by atoms with E-state index in [1.54, 1.807) is 0 Å². The Hall–Kier alpha value is -0.810. The lowest BCUT2D eigenvalue weighted by Crippen LogP contribution is -2.48. The molecule has 1 amide bonds. The minimum atomic E-state index is -0.426. The van der Waals surface area contributed by atoms with Gasteiger partial charge in [0.05, 0.1) is 12.2 Å². The van der Waals surface area contributed by atoms with Gasteiger partial charge in [0.15, 0.2) is 0 Å². The van der Waals surface area contributed by atoms with Crippen LogP contribution in [-0.2, 0) is 9.47 Å². The highest BCUT2D eigenvalue weighted by molar-refractivity contribution is 5.68. The van der Waals surface area contributed by atoms with Crippen LogP contribution in [0.15, 0.2) is 0 Å². The molecule has 23 heavy (non-hydrogen) atoms. The quantitative estimate of drug-likeness (QED) is 0.862. The van der Waals surface area contributed by atoms with E-state index in [1.165, 1.54) is 0 Å². The van der Waals surface area contributed by atoms with Crippen LogP contribution in [0, 0.1) is 5.92 Å². The van der Waals surface area contributed by atoms with E-state index in [0.29, 0.717) is 24.2 Å². The number of amides is 1. The highest BCUT2D eigenvalue weighted by Crippen LogP contribution is 2.23. The number of nitrogens with one attached hydrogen (secondary N) is 1. The van der Waals surface area contributed by atoms with Gasteiger partial charge in [-0.3, -0.25) is 0 Å². The Bertz CT molecular complexity index is 394. The monoisotopic (exact) mass is 326 g/mol. The van der Waals surface area contributed by atoms with E-state index >= 15 is 0 Å². The lowest BCUT2D eigenvalue weighted by Gasteiger charge is -2.37. The van der Waals surface area contributed by atoms with Crippen LogP contribution < -0.4 is 5.32 Å².